The van der Waals surface area contributed by atoms with Crippen LogP contribution >= 0.6 is 0 Å². The zero-order chi connectivity index (χ0) is 69.0. The van der Waals surface area contributed by atoms with E-state index < -0.39 is 52.8 Å². The molecule has 0 atom stereocenters. The van der Waals surface area contributed by atoms with Gasteiger partial charge in [-0.25, -0.2) is 22.8 Å². The van der Waals surface area contributed by atoms with Crippen molar-refractivity contribution in [2.24, 2.45) is 33.4 Å². The number of rotatable bonds is 13. The van der Waals surface area contributed by atoms with Gasteiger partial charge in [0.05, 0.1) is 35.9 Å². The third-order valence-electron chi connectivity index (χ3n) is 18.4. The molecule has 0 unspecified atom stereocenters. The number of alkyl halides is 6. The summed E-state index contributed by atoms with van der Waals surface area (Å²) in [5.74, 6) is 5.45. The second kappa shape index (κ2) is 25.5. The third-order valence-corrected chi connectivity index (χ3v) is 18.4. The van der Waals surface area contributed by atoms with E-state index in [0.29, 0.717) is 101 Å². The molecule has 3 aromatic carbocycles. The molecule has 3 aliphatic carbocycles. The number of anilines is 3. The summed E-state index contributed by atoms with van der Waals surface area (Å²) in [6, 6.07) is 11.7. The first-order valence-electron chi connectivity index (χ1n) is 30.1. The van der Waals surface area contributed by atoms with E-state index in [1.165, 1.54) is 15.4 Å². The van der Waals surface area contributed by atoms with Gasteiger partial charge < -0.3 is 53.8 Å². The fourth-order valence-corrected chi connectivity index (χ4v) is 13.8. The lowest BCUT2D eigenvalue weighted by Gasteiger charge is -2.58. The zero-order valence-electron chi connectivity index (χ0n) is 51.8. The van der Waals surface area contributed by atoms with Crippen molar-refractivity contribution in [1.29, 1.82) is 0 Å². The maximum absolute atomic E-state index is 14.1. The number of carbonyl (C=O) groups excluding carboxylic acids is 6. The molecular weight excluding hydrogens is 1250 g/mol. The van der Waals surface area contributed by atoms with Crippen molar-refractivity contribution in [1.82, 2.24) is 44.0 Å². The monoisotopic (exact) mass is 1320 g/mol. The first kappa shape index (κ1) is 67.5. The minimum atomic E-state index is -4.85. The first-order chi connectivity index (χ1) is 44.8. The highest BCUT2D eigenvalue weighted by molar-refractivity contribution is 6.05. The summed E-state index contributed by atoms with van der Waals surface area (Å²) in [5, 5.41) is 13.3. The highest BCUT2D eigenvalue weighted by Crippen LogP contribution is 2.57. The Morgan fingerprint density at radius 1 is 0.568 bits per heavy atom. The van der Waals surface area contributed by atoms with E-state index in [9.17, 15) is 63.9 Å². The molecule has 3 saturated heterocycles. The normalized spacial score (nSPS) is 17.4. The molecule has 500 valence electrons. The van der Waals surface area contributed by atoms with Crippen LogP contribution < -0.4 is 39.1 Å². The van der Waals surface area contributed by atoms with Gasteiger partial charge in [0.15, 0.2) is 0 Å². The summed E-state index contributed by atoms with van der Waals surface area (Å²) in [5.41, 5.74) is 33.0. The Morgan fingerprint density at radius 3 is 1.28 bits per heavy atom. The molecule has 6 aliphatic rings. The number of hydrogen-bond acceptors (Lipinski definition) is 13. The van der Waals surface area contributed by atoms with Crippen LogP contribution in [0, 0.1) is 51.6 Å². The topological polar surface area (TPSA) is 331 Å². The molecule has 6 amide bonds. The molecular formula is C65H67F8N15O7. The number of halogens is 8. The Hall–Kier alpha value is -10.4. The second-order valence-electron chi connectivity index (χ2n) is 25.0. The molecule has 6 fully saturated rings. The van der Waals surface area contributed by atoms with Crippen LogP contribution in [0.25, 0.3) is 33.8 Å². The van der Waals surface area contributed by atoms with Gasteiger partial charge in [0.1, 0.15) is 68.6 Å². The third kappa shape index (κ3) is 13.0. The molecule has 3 aliphatic heterocycles. The molecule has 6 aromatic rings. The number of benzene rings is 3. The van der Waals surface area contributed by atoms with Crippen LogP contribution in [-0.2, 0) is 26.7 Å². The average molecular weight is 1320 g/mol. The van der Waals surface area contributed by atoms with Gasteiger partial charge >= 0.3 is 12.4 Å². The quantitative estimate of drug-likeness (QED) is 0.0364. The lowest BCUT2D eigenvalue weighted by molar-refractivity contribution is -0.149. The van der Waals surface area contributed by atoms with E-state index >= 15 is 0 Å². The minimum absolute atomic E-state index is 0.0268. The highest BCUT2D eigenvalue weighted by Gasteiger charge is 2.57. The van der Waals surface area contributed by atoms with E-state index in [0.717, 1.165) is 55.7 Å². The predicted octanol–water partition coefficient (Wildman–Crippen LogP) is 7.91. The van der Waals surface area contributed by atoms with Gasteiger partial charge in [0.2, 0.25) is 5.91 Å². The summed E-state index contributed by atoms with van der Waals surface area (Å²) >= 11 is 0. The molecule has 30 heteroatoms. The molecule has 3 saturated carbocycles. The van der Waals surface area contributed by atoms with Gasteiger partial charge in [0, 0.05) is 66.8 Å². The molecule has 3 spiro atoms. The number of primary amides is 3. The van der Waals surface area contributed by atoms with Crippen LogP contribution in [0.2, 0.25) is 0 Å². The predicted molar refractivity (Wildman–Crippen MR) is 331 cm³/mol. The Balaban J connectivity index is 0.000000155. The molecule has 3 aromatic heterocycles. The highest BCUT2D eigenvalue weighted by atomic mass is 19.4. The number of nitrogens with two attached hydrogens (primary N) is 6. The lowest BCUT2D eigenvalue weighted by Crippen LogP contribution is -2.63. The Kier molecular flexibility index (Phi) is 18.1. The number of ether oxygens (including phenoxy) is 1. The van der Waals surface area contributed by atoms with Crippen LogP contribution in [0.15, 0.2) is 73.3 Å². The SMILES string of the molecule is C=CC(=O)N1CC2(CC(n3nc(-c4ccc(C(F)(F)F)c(F)c4)c(C(N)=O)c3N)C2)C1.CC#CC(=O)N1CC2(CC(n3nc(-c4ccc(C(F)(F)F)c(F)c4)c(C(N)=O)c3N)C2)C1.CC#CC(=O)N1CCC2(CC(n3nc(-c4ccc(OCCC)cc4)c(C(N)=O)c3N)C2)C1. The fourth-order valence-electron chi connectivity index (χ4n) is 13.8. The van der Waals surface area contributed by atoms with E-state index in [1.807, 2.05) is 36.1 Å². The van der Waals surface area contributed by atoms with Gasteiger partial charge in [-0.05, 0) is 137 Å². The molecule has 6 heterocycles. The minimum Gasteiger partial charge on any atom is -0.494 e. The van der Waals surface area contributed by atoms with Gasteiger partial charge in [0.25, 0.3) is 29.5 Å². The van der Waals surface area contributed by atoms with Crippen LogP contribution in [0.3, 0.4) is 0 Å². The number of nitrogen functional groups attached to an aromatic ring is 3. The smallest absolute Gasteiger partial charge is 0.419 e. The van der Waals surface area contributed by atoms with E-state index in [2.05, 4.69) is 40.5 Å². The molecule has 0 radical (unpaired) electrons. The standard InChI is InChI=1S/C24H29N5O3.C21H19F4N5O2.C20H19F4N5O2/c1-3-5-19(30)28-11-10-24(15-28)13-17(14-24)29-22(25)20(23(26)31)21(27-29)16-6-8-18(9-7-16)32-12-4-2;1-2-3-15(31)29-9-20(10-29)7-12(8-20)30-18(26)16(19(27)32)17(28-30)11-4-5-13(14(22)6-11)21(23,24)25;1-2-14(30)28-8-19(9-28)6-11(7-19)29-17(25)15(18(26)31)16(27-29)10-3-4-12(13(21)5-10)20(22,23)24/h6-9,17H,4,10-15,25H2,1-2H3,(H2,26,31);4-6,12H,7-10,26H2,1H3,(H2,27,32);2-5,11H,1,6-9,25H2,(H2,26,31). The van der Waals surface area contributed by atoms with Crippen molar-refractivity contribution in [3.8, 4) is 63.2 Å². The van der Waals surface area contributed by atoms with E-state index in [1.54, 1.807) is 28.3 Å². The van der Waals surface area contributed by atoms with Gasteiger partial charge in [-0.1, -0.05) is 37.5 Å². The fraction of sp³-hybridized carbons (Fsp3) is 0.400. The van der Waals surface area contributed by atoms with Crippen LogP contribution in [0.5, 0.6) is 5.75 Å². The van der Waals surface area contributed by atoms with E-state index in [-0.39, 0.29) is 103 Å². The van der Waals surface area contributed by atoms with Crippen LogP contribution in [0.4, 0.5) is 52.6 Å². The molecule has 22 nitrogen and oxygen atoms in total. The molecule has 12 N–H and O–H groups in total. The summed E-state index contributed by atoms with van der Waals surface area (Å²) in [7, 11) is 0. The van der Waals surface area contributed by atoms with Crippen molar-refractivity contribution >= 4 is 52.9 Å². The largest absolute Gasteiger partial charge is 0.494 e. The van der Waals surface area contributed by atoms with Crippen molar-refractivity contribution in [3.05, 3.63) is 113 Å². The number of carbonyl (C=O) groups is 6. The molecule has 0 bridgehead atoms. The maximum Gasteiger partial charge on any atom is 0.419 e. The summed E-state index contributed by atoms with van der Waals surface area (Å²) < 4.78 is 115. The van der Waals surface area contributed by atoms with Crippen LogP contribution in [0.1, 0.15) is 132 Å². The summed E-state index contributed by atoms with van der Waals surface area (Å²) in [6.45, 7) is 13.1. The number of nitrogens with zero attached hydrogens (tertiary/aromatic N) is 9. The number of likely N-dealkylation sites (tertiary alicyclic amines) is 3. The van der Waals surface area contributed by atoms with Crippen molar-refractivity contribution < 1.29 is 68.6 Å². The number of aromatic nitrogens is 6. The van der Waals surface area contributed by atoms with E-state index in [4.69, 9.17) is 44.2 Å². The number of hydrogen-bond donors (Lipinski definition) is 6. The van der Waals surface area contributed by atoms with Crippen LogP contribution in [-0.4, -0.2) is 125 Å². The molecule has 95 heavy (non-hydrogen) atoms. The second-order valence-corrected chi connectivity index (χ2v) is 25.0. The van der Waals surface area contributed by atoms with Crippen molar-refractivity contribution in [2.45, 2.75) is 103 Å². The van der Waals surface area contributed by atoms with Gasteiger partial charge in [-0.2, -0.15) is 41.6 Å². The maximum atomic E-state index is 14.1. The first-order valence-corrected chi connectivity index (χ1v) is 30.1. The van der Waals surface area contributed by atoms with Gasteiger partial charge in [-0.3, -0.25) is 28.8 Å². The van der Waals surface area contributed by atoms with Gasteiger partial charge in [-0.15, -0.1) is 0 Å². The van der Waals surface area contributed by atoms with Crippen molar-refractivity contribution in [2.75, 3.05) is 63.1 Å². The summed E-state index contributed by atoms with van der Waals surface area (Å²) in [4.78, 5) is 76.9. The Bertz CT molecular complexity index is 4210. The van der Waals surface area contributed by atoms with Crippen molar-refractivity contribution in [3.63, 3.8) is 0 Å². The summed E-state index contributed by atoms with van der Waals surface area (Å²) in [6.07, 6.45) is -2.30. The number of amides is 6. The Labute approximate surface area is 538 Å². The lowest BCUT2D eigenvalue weighted by atomic mass is 9.60. The Morgan fingerprint density at radius 2 is 0.926 bits per heavy atom. The zero-order valence-corrected chi connectivity index (χ0v) is 51.8. The molecule has 12 rings (SSSR count). The average Bonchev–Trinajstić information content (AvgIpc) is 1.71.